The summed E-state index contributed by atoms with van der Waals surface area (Å²) in [6.07, 6.45) is 1.58. The third kappa shape index (κ3) is 4.25. The van der Waals surface area contributed by atoms with Crippen LogP contribution in [-0.2, 0) is 4.79 Å². The lowest BCUT2D eigenvalue weighted by atomic mass is 10.1. The summed E-state index contributed by atoms with van der Waals surface area (Å²) in [5, 5.41) is 8.55. The lowest BCUT2D eigenvalue weighted by molar-refractivity contribution is -0.114. The fourth-order valence-corrected chi connectivity index (χ4v) is 4.25. The second-order valence-corrected chi connectivity index (χ2v) is 8.21. The molecule has 0 radical (unpaired) electrons. The van der Waals surface area contributed by atoms with Crippen molar-refractivity contribution in [2.75, 3.05) is 10.6 Å². The van der Waals surface area contributed by atoms with E-state index in [1.165, 1.54) is 29.6 Å². The van der Waals surface area contributed by atoms with Crippen LogP contribution in [0.25, 0.3) is 22.0 Å². The van der Waals surface area contributed by atoms with Crippen LogP contribution in [0, 0.1) is 6.92 Å². The molecule has 29 heavy (non-hydrogen) atoms. The minimum Gasteiger partial charge on any atom is -0.462 e. The van der Waals surface area contributed by atoms with Crippen LogP contribution in [0.15, 0.2) is 52.5 Å². The van der Waals surface area contributed by atoms with Gasteiger partial charge in [0.15, 0.2) is 15.9 Å². The summed E-state index contributed by atoms with van der Waals surface area (Å²) in [5.74, 6) is 0.207. The molecule has 0 unspecified atom stereocenters. The molecule has 3 heterocycles. The number of carbonyl (C=O) groups is 2. The van der Waals surface area contributed by atoms with Crippen molar-refractivity contribution in [3.8, 4) is 22.0 Å². The average Bonchev–Trinajstić information content (AvgIpc) is 3.42. The highest BCUT2D eigenvalue weighted by Gasteiger charge is 2.19. The molecule has 2 N–H and O–H groups in total. The van der Waals surface area contributed by atoms with Gasteiger partial charge in [-0.1, -0.05) is 12.1 Å². The molecule has 146 valence electrons. The second-order valence-electron chi connectivity index (χ2n) is 6.15. The zero-order chi connectivity index (χ0) is 20.4. The predicted molar refractivity (Wildman–Crippen MR) is 114 cm³/mol. The predicted octanol–water partition coefficient (Wildman–Crippen LogP) is 5.05. The molecule has 4 rings (SSSR count). The first kappa shape index (κ1) is 19.0. The first-order valence-corrected chi connectivity index (χ1v) is 10.4. The fourth-order valence-electron chi connectivity index (χ4n) is 2.66. The molecule has 2 amide bonds. The zero-order valence-electron chi connectivity index (χ0n) is 15.6. The van der Waals surface area contributed by atoms with Gasteiger partial charge in [-0.05, 0) is 31.2 Å². The number of aromatic nitrogens is 2. The molecule has 4 aromatic rings. The van der Waals surface area contributed by atoms with Crippen LogP contribution < -0.4 is 10.6 Å². The fraction of sp³-hybridized carbons (Fsp3) is 0.100. The van der Waals surface area contributed by atoms with E-state index in [9.17, 15) is 9.59 Å². The number of nitrogens with one attached hydrogen (secondary N) is 2. The summed E-state index contributed by atoms with van der Waals surface area (Å²) < 4.78 is 5.35. The van der Waals surface area contributed by atoms with E-state index in [1.807, 2.05) is 42.6 Å². The molecule has 3 aromatic heterocycles. The quantitative estimate of drug-likeness (QED) is 0.467. The lowest BCUT2D eigenvalue weighted by Crippen LogP contribution is -2.13. The highest BCUT2D eigenvalue weighted by Crippen LogP contribution is 2.30. The Morgan fingerprint density at radius 2 is 1.86 bits per heavy atom. The Labute approximate surface area is 174 Å². The van der Waals surface area contributed by atoms with Gasteiger partial charge < -0.3 is 9.73 Å². The van der Waals surface area contributed by atoms with E-state index in [2.05, 4.69) is 20.6 Å². The first-order valence-electron chi connectivity index (χ1n) is 8.66. The molecule has 0 saturated heterocycles. The lowest BCUT2D eigenvalue weighted by Gasteiger charge is -2.03. The van der Waals surface area contributed by atoms with Gasteiger partial charge in [-0.3, -0.25) is 14.9 Å². The normalized spacial score (nSPS) is 10.7. The molecule has 0 aliphatic carbocycles. The van der Waals surface area contributed by atoms with Gasteiger partial charge in [0.1, 0.15) is 5.69 Å². The van der Waals surface area contributed by atoms with E-state index >= 15 is 0 Å². The van der Waals surface area contributed by atoms with Crippen molar-refractivity contribution in [3.63, 3.8) is 0 Å². The van der Waals surface area contributed by atoms with E-state index in [1.54, 1.807) is 12.3 Å². The summed E-state index contributed by atoms with van der Waals surface area (Å²) in [7, 11) is 0. The molecule has 7 nitrogen and oxygen atoms in total. The number of amides is 2. The molecule has 0 saturated carbocycles. The van der Waals surface area contributed by atoms with Gasteiger partial charge in [0.25, 0.3) is 5.91 Å². The standard InChI is InChI=1S/C20H16N4O3S2/c1-11-17(23-19(29-11)16-4-3-9-27-16)18(26)24-20-22-15(10-28-20)13-5-7-14(8-6-13)21-12(2)25/h3-10H,1-2H3,(H,21,25)(H,22,24,26). The zero-order valence-corrected chi connectivity index (χ0v) is 17.2. The molecule has 0 bridgehead atoms. The molecule has 0 fully saturated rings. The number of furan rings is 1. The Kier molecular flexibility index (Phi) is 5.24. The molecule has 1 aromatic carbocycles. The van der Waals surface area contributed by atoms with Crippen LogP contribution in [0.2, 0.25) is 0 Å². The maximum atomic E-state index is 12.6. The molecular weight excluding hydrogens is 408 g/mol. The summed E-state index contributed by atoms with van der Waals surface area (Å²) in [5.41, 5.74) is 2.71. The third-order valence-electron chi connectivity index (χ3n) is 3.97. The molecule has 0 spiro atoms. The molecule has 9 heteroatoms. The van der Waals surface area contributed by atoms with Gasteiger partial charge in [0, 0.05) is 28.4 Å². The Morgan fingerprint density at radius 3 is 2.55 bits per heavy atom. The summed E-state index contributed by atoms with van der Waals surface area (Å²) in [6, 6.07) is 10.9. The average molecular weight is 425 g/mol. The monoisotopic (exact) mass is 424 g/mol. The maximum Gasteiger partial charge on any atom is 0.277 e. The minimum atomic E-state index is -0.307. The van der Waals surface area contributed by atoms with Crippen molar-refractivity contribution >= 4 is 45.3 Å². The van der Waals surface area contributed by atoms with Crippen molar-refractivity contribution in [2.45, 2.75) is 13.8 Å². The number of hydrogen-bond donors (Lipinski definition) is 2. The van der Waals surface area contributed by atoms with Gasteiger partial charge in [-0.25, -0.2) is 9.97 Å². The molecule has 0 aliphatic heterocycles. The Hall–Kier alpha value is -3.30. The number of thiazole rings is 2. The van der Waals surface area contributed by atoms with Gasteiger partial charge in [0.05, 0.1) is 12.0 Å². The number of aryl methyl sites for hydroxylation is 1. The van der Waals surface area contributed by atoms with Gasteiger partial charge in [0.2, 0.25) is 5.91 Å². The SMILES string of the molecule is CC(=O)Nc1ccc(-c2csc(NC(=O)c3nc(-c4ccco4)sc3C)n2)cc1. The second kappa shape index (κ2) is 7.98. The summed E-state index contributed by atoms with van der Waals surface area (Å²) in [6.45, 7) is 3.31. The Morgan fingerprint density at radius 1 is 1.07 bits per heavy atom. The van der Waals surface area contributed by atoms with E-state index < -0.39 is 0 Å². The molecular formula is C20H16N4O3S2. The number of rotatable bonds is 5. The van der Waals surface area contributed by atoms with Crippen LogP contribution in [0.1, 0.15) is 22.3 Å². The Balaban J connectivity index is 1.48. The number of hydrogen-bond acceptors (Lipinski definition) is 7. The van der Waals surface area contributed by atoms with Crippen molar-refractivity contribution in [2.24, 2.45) is 0 Å². The van der Waals surface area contributed by atoms with Crippen LogP contribution in [0.4, 0.5) is 10.8 Å². The first-order chi connectivity index (χ1) is 14.0. The molecule has 0 aliphatic rings. The summed E-state index contributed by atoms with van der Waals surface area (Å²) >= 11 is 2.74. The van der Waals surface area contributed by atoms with E-state index in [-0.39, 0.29) is 11.8 Å². The van der Waals surface area contributed by atoms with Crippen molar-refractivity contribution < 1.29 is 14.0 Å². The van der Waals surface area contributed by atoms with Gasteiger partial charge in [-0.2, -0.15) is 0 Å². The number of carbonyl (C=O) groups excluding carboxylic acids is 2. The number of anilines is 2. The molecule has 0 atom stereocenters. The van der Waals surface area contributed by atoms with Gasteiger partial charge in [-0.15, -0.1) is 22.7 Å². The number of benzene rings is 1. The largest absolute Gasteiger partial charge is 0.462 e. The number of nitrogens with zero attached hydrogens (tertiary/aromatic N) is 2. The van der Waals surface area contributed by atoms with Crippen molar-refractivity contribution in [3.05, 3.63) is 58.6 Å². The minimum absolute atomic E-state index is 0.121. The van der Waals surface area contributed by atoms with Crippen molar-refractivity contribution in [1.82, 2.24) is 9.97 Å². The highest BCUT2D eigenvalue weighted by atomic mass is 32.1. The smallest absolute Gasteiger partial charge is 0.277 e. The summed E-state index contributed by atoms with van der Waals surface area (Å²) in [4.78, 5) is 33.4. The topological polar surface area (TPSA) is 97.1 Å². The van der Waals surface area contributed by atoms with Crippen LogP contribution in [-0.4, -0.2) is 21.8 Å². The third-order valence-corrected chi connectivity index (χ3v) is 5.71. The van der Waals surface area contributed by atoms with Gasteiger partial charge >= 0.3 is 0 Å². The van der Waals surface area contributed by atoms with Crippen LogP contribution in [0.5, 0.6) is 0 Å². The van der Waals surface area contributed by atoms with E-state index in [4.69, 9.17) is 4.42 Å². The van der Waals surface area contributed by atoms with E-state index in [0.29, 0.717) is 21.6 Å². The maximum absolute atomic E-state index is 12.6. The Bertz CT molecular complexity index is 1160. The highest BCUT2D eigenvalue weighted by molar-refractivity contribution is 7.15. The van der Waals surface area contributed by atoms with Crippen LogP contribution in [0.3, 0.4) is 0 Å². The van der Waals surface area contributed by atoms with Crippen LogP contribution >= 0.6 is 22.7 Å². The van der Waals surface area contributed by atoms with Crippen molar-refractivity contribution in [1.29, 1.82) is 0 Å². The van der Waals surface area contributed by atoms with E-state index in [0.717, 1.165) is 21.8 Å².